The molecule has 0 unspecified atom stereocenters. The van der Waals surface area contributed by atoms with Crippen molar-refractivity contribution in [3.63, 3.8) is 0 Å². The van der Waals surface area contributed by atoms with Crippen molar-refractivity contribution in [1.82, 2.24) is 4.57 Å². The molecule has 4 nitrogen and oxygen atoms in total. The lowest BCUT2D eigenvalue weighted by atomic mass is 10.1. The molecule has 2 aromatic rings. The van der Waals surface area contributed by atoms with Crippen LogP contribution in [0.3, 0.4) is 0 Å². The Morgan fingerprint density at radius 1 is 1.24 bits per heavy atom. The first-order valence-corrected chi connectivity index (χ1v) is 6.94. The van der Waals surface area contributed by atoms with Gasteiger partial charge in [0.15, 0.2) is 0 Å². The lowest BCUT2D eigenvalue weighted by Crippen LogP contribution is -2.30. The van der Waals surface area contributed by atoms with E-state index in [0.717, 1.165) is 11.3 Å². The highest BCUT2D eigenvalue weighted by Gasteiger charge is 2.17. The van der Waals surface area contributed by atoms with Crippen molar-refractivity contribution in [2.24, 2.45) is 7.05 Å². The molecule has 1 amide bonds. The predicted octanol–water partition coefficient (Wildman–Crippen LogP) is 3.22. The second kappa shape index (κ2) is 5.74. The molecular formula is C16H17ClN2O2. The van der Waals surface area contributed by atoms with Crippen LogP contribution in [0.2, 0.25) is 5.02 Å². The molecule has 1 aromatic heterocycles. The van der Waals surface area contributed by atoms with Crippen molar-refractivity contribution in [2.45, 2.75) is 20.8 Å². The van der Waals surface area contributed by atoms with Crippen LogP contribution in [0.1, 0.15) is 27.2 Å². The van der Waals surface area contributed by atoms with E-state index in [9.17, 15) is 9.59 Å². The van der Waals surface area contributed by atoms with E-state index in [1.54, 1.807) is 32.2 Å². The molecule has 0 spiro atoms. The predicted molar refractivity (Wildman–Crippen MR) is 85.3 cm³/mol. The zero-order valence-electron chi connectivity index (χ0n) is 12.5. The maximum Gasteiger partial charge on any atom is 0.263 e. The minimum absolute atomic E-state index is 0.155. The highest BCUT2D eigenvalue weighted by atomic mass is 35.5. The Morgan fingerprint density at radius 3 is 2.57 bits per heavy atom. The maximum absolute atomic E-state index is 12.4. The SMILES string of the molecule is Cc1cc(C)n(C)c(=O)c1C(=O)Nc1cccc(Cl)c1C. The second-order valence-corrected chi connectivity index (χ2v) is 5.48. The molecule has 5 heteroatoms. The van der Waals surface area contributed by atoms with Crippen molar-refractivity contribution >= 4 is 23.2 Å². The largest absolute Gasteiger partial charge is 0.322 e. The molecule has 0 aliphatic carbocycles. The summed E-state index contributed by atoms with van der Waals surface area (Å²) in [6.45, 7) is 5.41. The van der Waals surface area contributed by atoms with Crippen molar-refractivity contribution in [3.05, 3.63) is 62.0 Å². The van der Waals surface area contributed by atoms with Gasteiger partial charge in [-0.3, -0.25) is 9.59 Å². The van der Waals surface area contributed by atoms with Crippen LogP contribution in [0.15, 0.2) is 29.1 Å². The lowest BCUT2D eigenvalue weighted by molar-refractivity contribution is 0.102. The summed E-state index contributed by atoms with van der Waals surface area (Å²) >= 11 is 6.03. The van der Waals surface area contributed by atoms with Gasteiger partial charge in [-0.15, -0.1) is 0 Å². The number of halogens is 1. The van der Waals surface area contributed by atoms with Gasteiger partial charge in [0.05, 0.1) is 0 Å². The molecule has 0 fully saturated rings. The third kappa shape index (κ3) is 2.85. The van der Waals surface area contributed by atoms with Crippen LogP contribution >= 0.6 is 11.6 Å². The fraction of sp³-hybridized carbons (Fsp3) is 0.250. The van der Waals surface area contributed by atoms with Crippen molar-refractivity contribution in [2.75, 3.05) is 5.32 Å². The molecule has 0 aliphatic rings. The number of pyridine rings is 1. The zero-order chi connectivity index (χ0) is 15.7. The topological polar surface area (TPSA) is 51.1 Å². The first-order chi connectivity index (χ1) is 9.82. The highest BCUT2D eigenvalue weighted by molar-refractivity contribution is 6.31. The Hall–Kier alpha value is -2.07. The van der Waals surface area contributed by atoms with Gasteiger partial charge in [0, 0.05) is 23.5 Å². The number of carbonyl (C=O) groups is 1. The number of benzene rings is 1. The standard InChI is InChI=1S/C16H17ClN2O2/c1-9-8-10(2)19(4)16(21)14(9)15(20)18-13-7-5-6-12(17)11(13)3/h5-8H,1-4H3,(H,18,20). The maximum atomic E-state index is 12.4. The average molecular weight is 305 g/mol. The van der Waals surface area contributed by atoms with Crippen LogP contribution in [0, 0.1) is 20.8 Å². The zero-order valence-corrected chi connectivity index (χ0v) is 13.2. The van der Waals surface area contributed by atoms with Gasteiger partial charge in [-0.05, 0) is 50.1 Å². The second-order valence-electron chi connectivity index (χ2n) is 5.07. The summed E-state index contributed by atoms with van der Waals surface area (Å²) in [5.41, 5.74) is 2.71. The number of carbonyl (C=O) groups excluding carboxylic acids is 1. The van der Waals surface area contributed by atoms with Gasteiger partial charge in [-0.2, -0.15) is 0 Å². The number of amides is 1. The highest BCUT2D eigenvalue weighted by Crippen LogP contribution is 2.23. The van der Waals surface area contributed by atoms with E-state index in [1.165, 1.54) is 4.57 Å². The number of aromatic nitrogens is 1. The Balaban J connectivity index is 2.45. The Bertz CT molecular complexity index is 779. The molecule has 21 heavy (non-hydrogen) atoms. The van der Waals surface area contributed by atoms with Gasteiger partial charge in [0.25, 0.3) is 11.5 Å². The van der Waals surface area contributed by atoms with Gasteiger partial charge in [-0.1, -0.05) is 17.7 Å². The molecule has 1 heterocycles. The van der Waals surface area contributed by atoms with Crippen LogP contribution < -0.4 is 10.9 Å². The molecule has 0 radical (unpaired) electrons. The number of hydrogen-bond donors (Lipinski definition) is 1. The van der Waals surface area contributed by atoms with Crippen LogP contribution in [0.25, 0.3) is 0 Å². The summed E-state index contributed by atoms with van der Waals surface area (Å²) in [7, 11) is 1.65. The molecular weight excluding hydrogens is 288 g/mol. The van der Waals surface area contributed by atoms with E-state index in [-0.39, 0.29) is 11.1 Å². The summed E-state index contributed by atoms with van der Waals surface area (Å²) in [5, 5.41) is 3.33. The number of aryl methyl sites for hydroxylation is 2. The molecule has 1 aromatic carbocycles. The number of anilines is 1. The van der Waals surface area contributed by atoms with E-state index >= 15 is 0 Å². The summed E-state index contributed by atoms with van der Waals surface area (Å²) in [6.07, 6.45) is 0. The van der Waals surface area contributed by atoms with Gasteiger partial charge in [0.2, 0.25) is 0 Å². The third-order valence-electron chi connectivity index (χ3n) is 3.61. The summed E-state index contributed by atoms with van der Waals surface area (Å²) in [4.78, 5) is 24.7. The normalized spacial score (nSPS) is 10.5. The lowest BCUT2D eigenvalue weighted by Gasteiger charge is -2.12. The van der Waals surface area contributed by atoms with E-state index < -0.39 is 5.91 Å². The fourth-order valence-electron chi connectivity index (χ4n) is 2.18. The Morgan fingerprint density at radius 2 is 1.90 bits per heavy atom. The summed E-state index contributed by atoms with van der Waals surface area (Å²) in [5.74, 6) is -0.418. The minimum atomic E-state index is -0.418. The minimum Gasteiger partial charge on any atom is -0.322 e. The monoisotopic (exact) mass is 304 g/mol. The first-order valence-electron chi connectivity index (χ1n) is 6.56. The molecule has 0 aliphatic heterocycles. The summed E-state index contributed by atoms with van der Waals surface area (Å²) in [6, 6.07) is 7.09. The average Bonchev–Trinajstić information content (AvgIpc) is 2.41. The summed E-state index contributed by atoms with van der Waals surface area (Å²) < 4.78 is 1.47. The van der Waals surface area contributed by atoms with Gasteiger partial charge in [0.1, 0.15) is 5.56 Å². The van der Waals surface area contributed by atoms with E-state index in [4.69, 9.17) is 11.6 Å². The molecule has 2 rings (SSSR count). The van der Waals surface area contributed by atoms with E-state index in [1.807, 2.05) is 19.9 Å². The van der Waals surface area contributed by atoms with E-state index in [0.29, 0.717) is 16.3 Å². The molecule has 0 saturated carbocycles. The van der Waals surface area contributed by atoms with Crippen molar-refractivity contribution in [1.29, 1.82) is 0 Å². The van der Waals surface area contributed by atoms with Crippen molar-refractivity contribution in [3.8, 4) is 0 Å². The van der Waals surface area contributed by atoms with Crippen LogP contribution in [-0.4, -0.2) is 10.5 Å². The molecule has 0 saturated heterocycles. The molecule has 0 atom stereocenters. The van der Waals surface area contributed by atoms with Gasteiger partial charge >= 0.3 is 0 Å². The number of nitrogens with one attached hydrogen (secondary N) is 1. The number of nitrogens with zero attached hydrogens (tertiary/aromatic N) is 1. The Labute approximate surface area is 128 Å². The van der Waals surface area contributed by atoms with Crippen molar-refractivity contribution < 1.29 is 4.79 Å². The molecule has 1 N–H and O–H groups in total. The smallest absolute Gasteiger partial charge is 0.263 e. The van der Waals surface area contributed by atoms with E-state index in [2.05, 4.69) is 5.32 Å². The Kier molecular flexibility index (Phi) is 4.19. The number of rotatable bonds is 2. The van der Waals surface area contributed by atoms with Crippen LogP contribution in [-0.2, 0) is 7.05 Å². The van der Waals surface area contributed by atoms with Gasteiger partial charge in [-0.25, -0.2) is 0 Å². The van der Waals surface area contributed by atoms with Gasteiger partial charge < -0.3 is 9.88 Å². The third-order valence-corrected chi connectivity index (χ3v) is 4.02. The number of hydrogen-bond acceptors (Lipinski definition) is 2. The van der Waals surface area contributed by atoms with Crippen LogP contribution in [0.5, 0.6) is 0 Å². The molecule has 110 valence electrons. The quantitative estimate of drug-likeness (QED) is 0.926. The molecule has 0 bridgehead atoms. The van der Waals surface area contributed by atoms with Crippen LogP contribution in [0.4, 0.5) is 5.69 Å². The first kappa shape index (κ1) is 15.3. The fourth-order valence-corrected chi connectivity index (χ4v) is 2.36.